The van der Waals surface area contributed by atoms with Gasteiger partial charge in [-0.15, -0.1) is 11.3 Å². The smallest absolute Gasteiger partial charge is 0.325 e. The van der Waals surface area contributed by atoms with Gasteiger partial charge >= 0.3 is 5.97 Å². The van der Waals surface area contributed by atoms with Crippen LogP contribution in [0.15, 0.2) is 17.5 Å². The van der Waals surface area contributed by atoms with Crippen molar-refractivity contribution in [2.24, 2.45) is 0 Å². The van der Waals surface area contributed by atoms with Crippen LogP contribution >= 0.6 is 11.3 Å². The van der Waals surface area contributed by atoms with Crippen LogP contribution in [0.5, 0.6) is 0 Å². The van der Waals surface area contributed by atoms with Crippen molar-refractivity contribution < 1.29 is 19.1 Å². The van der Waals surface area contributed by atoms with Crippen LogP contribution in [0, 0.1) is 0 Å². The molecule has 21 heavy (non-hydrogen) atoms. The molecule has 2 amide bonds. The van der Waals surface area contributed by atoms with Gasteiger partial charge in [0, 0.05) is 18.8 Å². The van der Waals surface area contributed by atoms with Gasteiger partial charge in [-0.25, -0.2) is 0 Å². The highest BCUT2D eigenvalue weighted by Crippen LogP contribution is 2.22. The van der Waals surface area contributed by atoms with Crippen LogP contribution in [-0.2, 0) is 19.1 Å². The molecule has 0 fully saturated rings. The molecule has 6 nitrogen and oxygen atoms in total. The van der Waals surface area contributed by atoms with E-state index in [2.05, 4.69) is 5.32 Å². The van der Waals surface area contributed by atoms with Crippen molar-refractivity contribution in [1.29, 1.82) is 0 Å². The van der Waals surface area contributed by atoms with Crippen molar-refractivity contribution >= 4 is 29.1 Å². The number of thiophene rings is 1. The Morgan fingerprint density at radius 2 is 2.14 bits per heavy atom. The second-order valence-electron chi connectivity index (χ2n) is 4.53. The van der Waals surface area contributed by atoms with E-state index in [9.17, 15) is 14.4 Å². The van der Waals surface area contributed by atoms with Gasteiger partial charge in [-0.1, -0.05) is 6.07 Å². The molecular formula is C14H20N2O4S. The zero-order valence-corrected chi connectivity index (χ0v) is 13.2. The topological polar surface area (TPSA) is 75.7 Å². The molecule has 0 aromatic carbocycles. The number of likely N-dealkylation sites (N-methyl/N-ethyl adjacent to an activating group) is 1. The Bertz CT molecular complexity index is 487. The molecule has 1 aromatic heterocycles. The summed E-state index contributed by atoms with van der Waals surface area (Å²) >= 11 is 1.47. The number of hydrogen-bond donors (Lipinski definition) is 1. The molecule has 1 heterocycles. The maximum Gasteiger partial charge on any atom is 0.325 e. The highest BCUT2D eigenvalue weighted by Gasteiger charge is 2.21. The number of nitrogens with zero attached hydrogens (tertiary/aromatic N) is 1. The van der Waals surface area contributed by atoms with Crippen molar-refractivity contribution in [3.63, 3.8) is 0 Å². The van der Waals surface area contributed by atoms with Crippen molar-refractivity contribution in [3.8, 4) is 0 Å². The van der Waals surface area contributed by atoms with Gasteiger partial charge < -0.3 is 15.0 Å². The summed E-state index contributed by atoms with van der Waals surface area (Å²) in [7, 11) is 1.54. The molecule has 1 rings (SSSR count). The Morgan fingerprint density at radius 3 is 2.67 bits per heavy atom. The SMILES string of the molecule is CCOC(=O)CN(C)C(=O)CC(NC(C)=O)c1cccs1. The lowest BCUT2D eigenvalue weighted by atomic mass is 10.1. The van der Waals surface area contributed by atoms with Crippen molar-refractivity contribution in [3.05, 3.63) is 22.4 Å². The molecule has 0 aliphatic carbocycles. The number of ether oxygens (including phenoxy) is 1. The number of carbonyl (C=O) groups is 3. The highest BCUT2D eigenvalue weighted by molar-refractivity contribution is 7.10. The molecule has 7 heteroatoms. The van der Waals surface area contributed by atoms with Crippen LogP contribution in [0.2, 0.25) is 0 Å². The van der Waals surface area contributed by atoms with E-state index in [1.165, 1.54) is 23.2 Å². The van der Waals surface area contributed by atoms with Crippen molar-refractivity contribution in [2.45, 2.75) is 26.3 Å². The minimum atomic E-state index is -0.444. The zero-order valence-electron chi connectivity index (χ0n) is 12.4. The molecule has 0 aliphatic heterocycles. The minimum Gasteiger partial charge on any atom is -0.465 e. The Hall–Kier alpha value is -1.89. The molecule has 1 atom stereocenters. The number of rotatable bonds is 7. The molecule has 0 saturated carbocycles. The fourth-order valence-electron chi connectivity index (χ4n) is 1.78. The van der Waals surface area contributed by atoms with Crippen molar-refractivity contribution in [1.82, 2.24) is 10.2 Å². The van der Waals surface area contributed by atoms with E-state index < -0.39 is 5.97 Å². The number of esters is 1. The normalized spacial score (nSPS) is 11.6. The molecule has 1 N–H and O–H groups in total. The first kappa shape index (κ1) is 17.2. The molecule has 1 unspecified atom stereocenters. The number of carbonyl (C=O) groups excluding carboxylic acids is 3. The summed E-state index contributed by atoms with van der Waals surface area (Å²) in [6.07, 6.45) is 0.107. The van der Waals surface area contributed by atoms with Crippen LogP contribution in [-0.4, -0.2) is 42.9 Å². The first-order valence-electron chi connectivity index (χ1n) is 6.64. The third-order valence-corrected chi connectivity index (χ3v) is 3.73. The fraction of sp³-hybridized carbons (Fsp3) is 0.500. The first-order chi connectivity index (χ1) is 9.93. The summed E-state index contributed by atoms with van der Waals surface area (Å²) in [5, 5.41) is 4.64. The summed E-state index contributed by atoms with van der Waals surface area (Å²) in [4.78, 5) is 37.0. The fourth-order valence-corrected chi connectivity index (χ4v) is 2.55. The van der Waals surface area contributed by atoms with Crippen LogP contribution in [0.25, 0.3) is 0 Å². The lowest BCUT2D eigenvalue weighted by Crippen LogP contribution is -2.36. The lowest BCUT2D eigenvalue weighted by molar-refractivity contribution is -0.148. The molecule has 0 saturated heterocycles. The van der Waals surface area contributed by atoms with E-state index >= 15 is 0 Å². The zero-order chi connectivity index (χ0) is 15.8. The number of hydrogen-bond acceptors (Lipinski definition) is 5. The second kappa shape index (κ2) is 8.41. The van der Waals surface area contributed by atoms with Gasteiger partial charge in [0.15, 0.2) is 0 Å². The third kappa shape index (κ3) is 5.95. The number of amides is 2. The van der Waals surface area contributed by atoms with Crippen LogP contribution in [0.1, 0.15) is 31.2 Å². The van der Waals surface area contributed by atoms with Gasteiger partial charge in [-0.2, -0.15) is 0 Å². The maximum atomic E-state index is 12.1. The van der Waals surface area contributed by atoms with E-state index in [1.807, 2.05) is 17.5 Å². The molecule has 116 valence electrons. The van der Waals surface area contributed by atoms with E-state index in [-0.39, 0.29) is 37.4 Å². The maximum absolute atomic E-state index is 12.1. The average Bonchev–Trinajstić information content (AvgIpc) is 2.91. The summed E-state index contributed by atoms with van der Waals surface area (Å²) in [5.74, 6) is -0.870. The Labute approximate surface area is 128 Å². The molecule has 0 bridgehead atoms. The van der Waals surface area contributed by atoms with E-state index in [1.54, 1.807) is 14.0 Å². The summed E-state index contributed by atoms with van der Waals surface area (Å²) in [5.41, 5.74) is 0. The molecule has 0 spiro atoms. The third-order valence-electron chi connectivity index (χ3n) is 2.74. The van der Waals surface area contributed by atoms with Crippen LogP contribution in [0.4, 0.5) is 0 Å². The first-order valence-corrected chi connectivity index (χ1v) is 7.52. The lowest BCUT2D eigenvalue weighted by Gasteiger charge is -2.21. The monoisotopic (exact) mass is 312 g/mol. The predicted molar refractivity (Wildman–Crippen MR) is 79.8 cm³/mol. The predicted octanol–water partition coefficient (Wildman–Crippen LogP) is 1.34. The van der Waals surface area contributed by atoms with E-state index in [4.69, 9.17) is 4.74 Å². The standard InChI is InChI=1S/C14H20N2O4S/c1-4-20-14(19)9-16(3)13(18)8-11(15-10(2)17)12-6-5-7-21-12/h5-7,11H,4,8-9H2,1-3H3,(H,15,17). The van der Waals surface area contributed by atoms with Gasteiger partial charge in [0.05, 0.1) is 19.1 Å². The highest BCUT2D eigenvalue weighted by atomic mass is 32.1. The van der Waals surface area contributed by atoms with Gasteiger partial charge in [-0.05, 0) is 18.4 Å². The molecule has 0 aliphatic rings. The average molecular weight is 312 g/mol. The van der Waals surface area contributed by atoms with E-state index in [0.717, 1.165) is 4.88 Å². The van der Waals surface area contributed by atoms with Gasteiger partial charge in [0.2, 0.25) is 11.8 Å². The Morgan fingerprint density at radius 1 is 1.43 bits per heavy atom. The number of nitrogens with one attached hydrogen (secondary N) is 1. The van der Waals surface area contributed by atoms with E-state index in [0.29, 0.717) is 0 Å². The van der Waals surface area contributed by atoms with Gasteiger partial charge in [-0.3, -0.25) is 14.4 Å². The van der Waals surface area contributed by atoms with Crippen LogP contribution in [0.3, 0.4) is 0 Å². The largest absolute Gasteiger partial charge is 0.465 e. The van der Waals surface area contributed by atoms with Gasteiger partial charge in [0.1, 0.15) is 6.54 Å². The summed E-state index contributed by atoms with van der Waals surface area (Å²) < 4.78 is 4.80. The van der Waals surface area contributed by atoms with Gasteiger partial charge in [0.25, 0.3) is 0 Å². The quantitative estimate of drug-likeness (QED) is 0.771. The van der Waals surface area contributed by atoms with Crippen LogP contribution < -0.4 is 5.32 Å². The summed E-state index contributed by atoms with van der Waals surface area (Å²) in [6, 6.07) is 3.35. The Balaban J connectivity index is 2.63. The van der Waals surface area contributed by atoms with Crippen molar-refractivity contribution in [2.75, 3.05) is 20.2 Å². The Kier molecular flexibility index (Phi) is 6.87. The summed E-state index contributed by atoms with van der Waals surface area (Å²) in [6.45, 7) is 3.31. The second-order valence-corrected chi connectivity index (χ2v) is 5.51. The molecule has 0 radical (unpaired) electrons. The molecular weight excluding hydrogens is 292 g/mol. The minimum absolute atomic E-state index is 0.0933. The molecule has 1 aromatic rings.